The summed E-state index contributed by atoms with van der Waals surface area (Å²) in [4.78, 5) is 4.60. The quantitative estimate of drug-likeness (QED) is 0.811. The van der Waals surface area contributed by atoms with Gasteiger partial charge in [-0.3, -0.25) is 0 Å². The van der Waals surface area contributed by atoms with E-state index < -0.39 is 0 Å². The van der Waals surface area contributed by atoms with Gasteiger partial charge in [-0.25, -0.2) is 4.98 Å². The normalized spacial score (nSPS) is 13.1. The molecule has 1 aromatic rings. The molecule has 0 spiro atoms. The van der Waals surface area contributed by atoms with Gasteiger partial charge in [-0.2, -0.15) is 0 Å². The molecule has 0 fully saturated rings. The molecule has 1 N–H and O–H groups in total. The van der Waals surface area contributed by atoms with Crippen LogP contribution in [0.4, 0.5) is 0 Å². The number of nitrogens with one attached hydrogen (secondary N) is 1. The predicted octanol–water partition coefficient (Wildman–Crippen LogP) is 3.88. The molecule has 0 amide bonds. The average molecular weight is 264 g/mol. The van der Waals surface area contributed by atoms with Crippen LogP contribution in [0.1, 0.15) is 65.1 Å². The Hall–Kier alpha value is -1.09. The molecule has 1 aromatic heterocycles. The summed E-state index contributed by atoms with van der Waals surface area (Å²) >= 11 is 0. The fourth-order valence-electron chi connectivity index (χ4n) is 1.65. The van der Waals surface area contributed by atoms with Crippen LogP contribution in [0.5, 0.6) is 5.88 Å². The first-order chi connectivity index (χ1) is 8.92. The highest BCUT2D eigenvalue weighted by Gasteiger charge is 2.09. The summed E-state index contributed by atoms with van der Waals surface area (Å²) in [6, 6.07) is 4.70. The molecule has 108 valence electrons. The maximum Gasteiger partial charge on any atom is 0.214 e. The van der Waals surface area contributed by atoms with Crippen molar-refractivity contribution in [1.29, 1.82) is 0 Å². The molecule has 1 rings (SSSR count). The van der Waals surface area contributed by atoms with Gasteiger partial charge in [0.15, 0.2) is 0 Å². The minimum atomic E-state index is 0.209. The second-order valence-corrected chi connectivity index (χ2v) is 5.77. The van der Waals surface area contributed by atoms with E-state index in [9.17, 15) is 0 Å². The Balaban J connectivity index is 2.90. The van der Waals surface area contributed by atoms with E-state index in [-0.39, 0.29) is 6.10 Å². The summed E-state index contributed by atoms with van der Waals surface area (Å²) in [6.07, 6.45) is 1.20. The first kappa shape index (κ1) is 16.0. The van der Waals surface area contributed by atoms with E-state index in [0.717, 1.165) is 24.5 Å². The molecule has 3 heteroatoms. The molecular weight excluding hydrogens is 236 g/mol. The van der Waals surface area contributed by atoms with Gasteiger partial charge < -0.3 is 10.1 Å². The molecule has 1 heterocycles. The monoisotopic (exact) mass is 264 g/mol. The summed E-state index contributed by atoms with van der Waals surface area (Å²) in [7, 11) is 0. The third kappa shape index (κ3) is 5.60. The Morgan fingerprint density at radius 3 is 2.37 bits per heavy atom. The molecule has 0 aromatic carbocycles. The number of rotatable bonds is 7. The summed E-state index contributed by atoms with van der Waals surface area (Å²) in [5.41, 5.74) is 2.34. The summed E-state index contributed by atoms with van der Waals surface area (Å²) in [5, 5.41) is 3.44. The van der Waals surface area contributed by atoms with E-state index in [1.54, 1.807) is 0 Å². The molecule has 0 aliphatic heterocycles. The van der Waals surface area contributed by atoms with Crippen LogP contribution in [0.15, 0.2) is 12.1 Å². The maximum atomic E-state index is 5.86. The zero-order valence-electron chi connectivity index (χ0n) is 13.2. The Labute approximate surface area is 117 Å². The molecule has 1 unspecified atom stereocenters. The smallest absolute Gasteiger partial charge is 0.214 e. The van der Waals surface area contributed by atoms with Crippen molar-refractivity contribution in [3.63, 3.8) is 0 Å². The first-order valence-electron chi connectivity index (χ1n) is 7.33. The van der Waals surface area contributed by atoms with Crippen LogP contribution in [0, 0.1) is 0 Å². The molecule has 3 nitrogen and oxygen atoms in total. The van der Waals surface area contributed by atoms with Crippen LogP contribution < -0.4 is 10.1 Å². The van der Waals surface area contributed by atoms with Crippen molar-refractivity contribution in [2.75, 3.05) is 0 Å². The predicted molar refractivity (Wildman–Crippen MR) is 80.7 cm³/mol. The molecule has 0 radical (unpaired) electrons. The Kier molecular flexibility index (Phi) is 6.29. The van der Waals surface area contributed by atoms with Crippen LogP contribution in [-0.2, 0) is 6.54 Å². The molecule has 0 aliphatic rings. The third-order valence-electron chi connectivity index (χ3n) is 3.08. The van der Waals surface area contributed by atoms with Crippen LogP contribution in [-0.4, -0.2) is 17.1 Å². The summed E-state index contributed by atoms with van der Waals surface area (Å²) < 4.78 is 5.86. The minimum absolute atomic E-state index is 0.209. The summed E-state index contributed by atoms with van der Waals surface area (Å²) in [6.45, 7) is 13.7. The van der Waals surface area contributed by atoms with Gasteiger partial charge in [-0.05, 0) is 30.9 Å². The maximum absolute atomic E-state index is 5.86. The van der Waals surface area contributed by atoms with E-state index in [2.05, 4.69) is 57.9 Å². The van der Waals surface area contributed by atoms with Crippen LogP contribution in [0.25, 0.3) is 0 Å². The number of nitrogens with zero attached hydrogens (tertiary/aromatic N) is 1. The van der Waals surface area contributed by atoms with Crippen molar-refractivity contribution in [2.24, 2.45) is 0 Å². The van der Waals surface area contributed by atoms with Gasteiger partial charge in [0.1, 0.15) is 0 Å². The highest BCUT2D eigenvalue weighted by atomic mass is 16.5. The fourth-order valence-corrected chi connectivity index (χ4v) is 1.65. The molecule has 0 saturated carbocycles. The number of ether oxygens (including phenoxy) is 1. The molecular formula is C16H28N2O. The Morgan fingerprint density at radius 1 is 1.16 bits per heavy atom. The second-order valence-electron chi connectivity index (χ2n) is 5.77. The van der Waals surface area contributed by atoms with Gasteiger partial charge in [0.25, 0.3) is 0 Å². The lowest BCUT2D eigenvalue weighted by molar-refractivity contribution is 0.207. The summed E-state index contributed by atoms with van der Waals surface area (Å²) in [5.74, 6) is 1.17. The van der Waals surface area contributed by atoms with Crippen molar-refractivity contribution in [3.8, 4) is 5.88 Å². The average Bonchev–Trinajstić information content (AvgIpc) is 2.35. The molecule has 1 atom stereocenters. The molecule has 0 bridgehead atoms. The van der Waals surface area contributed by atoms with Crippen molar-refractivity contribution < 1.29 is 4.74 Å². The van der Waals surface area contributed by atoms with Crippen molar-refractivity contribution in [2.45, 2.75) is 72.6 Å². The number of hydrogen-bond acceptors (Lipinski definition) is 3. The zero-order valence-corrected chi connectivity index (χ0v) is 13.2. The van der Waals surface area contributed by atoms with Gasteiger partial charge in [0.05, 0.1) is 6.10 Å². The van der Waals surface area contributed by atoms with Crippen LogP contribution >= 0.6 is 0 Å². The zero-order chi connectivity index (χ0) is 14.4. The lowest BCUT2D eigenvalue weighted by Gasteiger charge is -2.16. The van der Waals surface area contributed by atoms with Crippen molar-refractivity contribution in [1.82, 2.24) is 10.3 Å². The van der Waals surface area contributed by atoms with Gasteiger partial charge in [0.2, 0.25) is 5.88 Å². The first-order valence-corrected chi connectivity index (χ1v) is 7.33. The van der Waals surface area contributed by atoms with Gasteiger partial charge in [-0.1, -0.05) is 34.6 Å². The largest absolute Gasteiger partial charge is 0.475 e. The molecule has 19 heavy (non-hydrogen) atoms. The lowest BCUT2D eigenvalue weighted by atomic mass is 10.1. The topological polar surface area (TPSA) is 34.1 Å². The van der Waals surface area contributed by atoms with Gasteiger partial charge >= 0.3 is 0 Å². The van der Waals surface area contributed by atoms with E-state index in [0.29, 0.717) is 12.0 Å². The SMILES string of the molecule is CCC(C)Oc1cc(CNC(C)C)cc(C(C)C)n1. The van der Waals surface area contributed by atoms with Crippen LogP contribution in [0.2, 0.25) is 0 Å². The third-order valence-corrected chi connectivity index (χ3v) is 3.08. The van der Waals surface area contributed by atoms with Crippen LogP contribution in [0.3, 0.4) is 0 Å². The molecule has 0 saturated heterocycles. The highest BCUT2D eigenvalue weighted by Crippen LogP contribution is 2.20. The Morgan fingerprint density at radius 2 is 1.84 bits per heavy atom. The van der Waals surface area contributed by atoms with E-state index in [1.807, 2.05) is 6.07 Å². The van der Waals surface area contributed by atoms with E-state index >= 15 is 0 Å². The van der Waals surface area contributed by atoms with Gasteiger partial charge in [0, 0.05) is 24.3 Å². The lowest BCUT2D eigenvalue weighted by Crippen LogP contribution is -2.22. The van der Waals surface area contributed by atoms with Gasteiger partial charge in [-0.15, -0.1) is 0 Å². The second kappa shape index (κ2) is 7.49. The molecule has 0 aliphatic carbocycles. The highest BCUT2D eigenvalue weighted by molar-refractivity contribution is 5.27. The fraction of sp³-hybridized carbons (Fsp3) is 0.688. The number of hydrogen-bond donors (Lipinski definition) is 1. The minimum Gasteiger partial charge on any atom is -0.475 e. The standard InChI is InChI=1S/C16H28N2O/c1-7-13(6)19-16-9-14(10-17-12(4)5)8-15(18-16)11(2)3/h8-9,11-13,17H,7,10H2,1-6H3. The van der Waals surface area contributed by atoms with Crippen molar-refractivity contribution >= 4 is 0 Å². The van der Waals surface area contributed by atoms with E-state index in [1.165, 1.54) is 5.56 Å². The van der Waals surface area contributed by atoms with E-state index in [4.69, 9.17) is 4.74 Å². The van der Waals surface area contributed by atoms with Crippen molar-refractivity contribution in [3.05, 3.63) is 23.4 Å². The number of aromatic nitrogens is 1. The number of pyridine rings is 1. The Bertz CT molecular complexity index is 388.